The molecular formula is C9H11ClF2N2O2. The van der Waals surface area contributed by atoms with Crippen LogP contribution in [0.25, 0.3) is 0 Å². The van der Waals surface area contributed by atoms with E-state index in [1.165, 1.54) is 18.5 Å². The molecule has 0 aliphatic carbocycles. The minimum Gasteiger partial charge on any atom is -0.481 e. The quantitative estimate of drug-likeness (QED) is 0.896. The van der Waals surface area contributed by atoms with E-state index in [-0.39, 0.29) is 11.6 Å². The SMILES string of the molecule is Cc1c(Cl)c(C(F)F)nn1C[C@H](C)C(=O)O. The average Bonchev–Trinajstić information content (AvgIpc) is 2.46. The van der Waals surface area contributed by atoms with Crippen LogP contribution in [0.2, 0.25) is 5.02 Å². The van der Waals surface area contributed by atoms with Crippen molar-refractivity contribution >= 4 is 17.6 Å². The summed E-state index contributed by atoms with van der Waals surface area (Å²) in [5, 5.41) is 12.2. The predicted octanol–water partition coefficient (Wildman–Crippen LogP) is 2.50. The van der Waals surface area contributed by atoms with Crippen molar-refractivity contribution in [1.82, 2.24) is 9.78 Å². The van der Waals surface area contributed by atoms with Crippen molar-refractivity contribution in [1.29, 1.82) is 0 Å². The highest BCUT2D eigenvalue weighted by molar-refractivity contribution is 6.31. The van der Waals surface area contributed by atoms with Gasteiger partial charge in [-0.1, -0.05) is 18.5 Å². The number of rotatable bonds is 4. The zero-order chi connectivity index (χ0) is 12.5. The second kappa shape index (κ2) is 4.78. The fraction of sp³-hybridized carbons (Fsp3) is 0.556. The van der Waals surface area contributed by atoms with Gasteiger partial charge in [0, 0.05) is 0 Å². The van der Waals surface area contributed by atoms with Crippen LogP contribution in [0.4, 0.5) is 8.78 Å². The number of alkyl halides is 2. The van der Waals surface area contributed by atoms with Crippen molar-refractivity contribution < 1.29 is 18.7 Å². The van der Waals surface area contributed by atoms with Gasteiger partial charge in [-0.15, -0.1) is 0 Å². The molecule has 7 heteroatoms. The van der Waals surface area contributed by atoms with Gasteiger partial charge in [-0.05, 0) is 6.92 Å². The van der Waals surface area contributed by atoms with Gasteiger partial charge in [0.15, 0.2) is 0 Å². The molecule has 1 rings (SSSR count). The van der Waals surface area contributed by atoms with E-state index in [2.05, 4.69) is 5.10 Å². The van der Waals surface area contributed by atoms with E-state index in [1.54, 1.807) is 0 Å². The molecule has 1 aromatic heterocycles. The first-order valence-corrected chi connectivity index (χ1v) is 4.96. The molecule has 0 radical (unpaired) electrons. The van der Waals surface area contributed by atoms with Crippen LogP contribution in [0.3, 0.4) is 0 Å². The van der Waals surface area contributed by atoms with E-state index >= 15 is 0 Å². The summed E-state index contributed by atoms with van der Waals surface area (Å²) in [5.74, 6) is -1.72. The van der Waals surface area contributed by atoms with Crippen molar-refractivity contribution in [3.05, 3.63) is 16.4 Å². The normalized spacial score (nSPS) is 13.1. The van der Waals surface area contributed by atoms with Crippen LogP contribution in [0.5, 0.6) is 0 Å². The molecule has 0 aliphatic rings. The van der Waals surface area contributed by atoms with Gasteiger partial charge in [0.25, 0.3) is 6.43 Å². The zero-order valence-electron chi connectivity index (χ0n) is 8.75. The Kier molecular flexibility index (Phi) is 3.85. The van der Waals surface area contributed by atoms with Crippen LogP contribution in [-0.4, -0.2) is 20.9 Å². The molecule has 0 spiro atoms. The summed E-state index contributed by atoms with van der Waals surface area (Å²) in [5.41, 5.74) is -0.151. The van der Waals surface area contributed by atoms with Crippen LogP contribution in [0.1, 0.15) is 24.7 Å². The van der Waals surface area contributed by atoms with Gasteiger partial charge >= 0.3 is 5.97 Å². The van der Waals surface area contributed by atoms with Gasteiger partial charge in [-0.3, -0.25) is 9.48 Å². The smallest absolute Gasteiger partial charge is 0.308 e. The Morgan fingerprint density at radius 1 is 1.62 bits per heavy atom. The molecule has 0 unspecified atom stereocenters. The molecule has 1 N–H and O–H groups in total. The second-order valence-corrected chi connectivity index (χ2v) is 3.88. The minimum atomic E-state index is -2.76. The third-order valence-electron chi connectivity index (χ3n) is 2.23. The molecule has 0 aromatic carbocycles. The van der Waals surface area contributed by atoms with Crippen molar-refractivity contribution in [2.45, 2.75) is 26.8 Å². The molecule has 0 fully saturated rings. The fourth-order valence-corrected chi connectivity index (χ4v) is 1.42. The van der Waals surface area contributed by atoms with Crippen LogP contribution < -0.4 is 0 Å². The van der Waals surface area contributed by atoms with Gasteiger partial charge in [-0.25, -0.2) is 8.78 Å². The van der Waals surface area contributed by atoms with Crippen molar-refractivity contribution in [3.8, 4) is 0 Å². The lowest BCUT2D eigenvalue weighted by Gasteiger charge is -2.07. The summed E-state index contributed by atoms with van der Waals surface area (Å²) in [4.78, 5) is 10.6. The Morgan fingerprint density at radius 2 is 2.19 bits per heavy atom. The summed E-state index contributed by atoms with van der Waals surface area (Å²) in [6.07, 6.45) is -2.76. The summed E-state index contributed by atoms with van der Waals surface area (Å²) in [6, 6.07) is 0. The molecule has 16 heavy (non-hydrogen) atoms. The first-order valence-electron chi connectivity index (χ1n) is 4.58. The van der Waals surface area contributed by atoms with Crippen LogP contribution in [0.15, 0.2) is 0 Å². The Balaban J connectivity index is 2.98. The van der Waals surface area contributed by atoms with E-state index in [0.29, 0.717) is 5.69 Å². The van der Waals surface area contributed by atoms with Crippen molar-refractivity contribution in [3.63, 3.8) is 0 Å². The maximum absolute atomic E-state index is 12.4. The molecule has 1 atom stereocenters. The lowest BCUT2D eigenvalue weighted by Crippen LogP contribution is -2.18. The highest BCUT2D eigenvalue weighted by Crippen LogP contribution is 2.28. The molecule has 0 saturated heterocycles. The summed E-state index contributed by atoms with van der Waals surface area (Å²) in [6.45, 7) is 3.02. The predicted molar refractivity (Wildman–Crippen MR) is 53.7 cm³/mol. The van der Waals surface area contributed by atoms with Gasteiger partial charge in [0.1, 0.15) is 5.69 Å². The van der Waals surface area contributed by atoms with Crippen LogP contribution in [0, 0.1) is 12.8 Å². The summed E-state index contributed by atoms with van der Waals surface area (Å²) >= 11 is 5.66. The molecule has 0 aliphatic heterocycles. The zero-order valence-corrected chi connectivity index (χ0v) is 9.50. The van der Waals surface area contributed by atoms with E-state index in [9.17, 15) is 13.6 Å². The first-order chi connectivity index (χ1) is 7.34. The minimum absolute atomic E-state index is 0.0214. The van der Waals surface area contributed by atoms with Gasteiger partial charge in [0.05, 0.1) is 23.2 Å². The lowest BCUT2D eigenvalue weighted by molar-refractivity contribution is -0.141. The molecular weight excluding hydrogens is 242 g/mol. The molecule has 0 saturated carbocycles. The Bertz CT molecular complexity index is 406. The van der Waals surface area contributed by atoms with Crippen LogP contribution >= 0.6 is 11.6 Å². The number of hydrogen-bond acceptors (Lipinski definition) is 2. The molecule has 90 valence electrons. The number of aliphatic carboxylic acids is 1. The topological polar surface area (TPSA) is 55.1 Å². The van der Waals surface area contributed by atoms with Crippen molar-refractivity contribution in [2.24, 2.45) is 5.92 Å². The maximum atomic E-state index is 12.4. The molecule has 1 aromatic rings. The third kappa shape index (κ3) is 2.49. The highest BCUT2D eigenvalue weighted by Gasteiger charge is 2.22. The number of aromatic nitrogens is 2. The number of hydrogen-bond donors (Lipinski definition) is 1. The van der Waals surface area contributed by atoms with Gasteiger partial charge in [0.2, 0.25) is 0 Å². The summed E-state index contributed by atoms with van der Waals surface area (Å²) in [7, 11) is 0. The van der Waals surface area contributed by atoms with Gasteiger partial charge in [-0.2, -0.15) is 5.10 Å². The number of nitrogens with zero attached hydrogens (tertiary/aromatic N) is 2. The Hall–Kier alpha value is -1.17. The van der Waals surface area contributed by atoms with E-state index < -0.39 is 24.0 Å². The van der Waals surface area contributed by atoms with Gasteiger partial charge < -0.3 is 5.11 Å². The number of carbonyl (C=O) groups is 1. The molecule has 0 bridgehead atoms. The largest absolute Gasteiger partial charge is 0.481 e. The maximum Gasteiger partial charge on any atom is 0.308 e. The van der Waals surface area contributed by atoms with E-state index in [0.717, 1.165) is 0 Å². The van der Waals surface area contributed by atoms with E-state index in [4.69, 9.17) is 16.7 Å². The third-order valence-corrected chi connectivity index (χ3v) is 2.70. The molecule has 1 heterocycles. The Labute approximate surface area is 95.8 Å². The number of halogens is 3. The monoisotopic (exact) mass is 252 g/mol. The first kappa shape index (κ1) is 12.9. The van der Waals surface area contributed by atoms with Crippen molar-refractivity contribution in [2.75, 3.05) is 0 Å². The standard InChI is InChI=1S/C9H11ClF2N2O2/c1-4(9(15)16)3-14-5(2)6(10)7(13-14)8(11)12/h4,8H,3H2,1-2H3,(H,15,16)/t4-/m0/s1. The lowest BCUT2D eigenvalue weighted by atomic mass is 10.2. The second-order valence-electron chi connectivity index (χ2n) is 3.51. The molecule has 4 nitrogen and oxygen atoms in total. The number of carboxylic acid groups (broad SMARTS) is 1. The average molecular weight is 253 g/mol. The van der Waals surface area contributed by atoms with Crippen LogP contribution in [-0.2, 0) is 11.3 Å². The molecule has 0 amide bonds. The Morgan fingerprint density at radius 3 is 2.56 bits per heavy atom. The highest BCUT2D eigenvalue weighted by atomic mass is 35.5. The summed E-state index contributed by atoms with van der Waals surface area (Å²) < 4.78 is 26.1. The number of carboxylic acids is 1. The van der Waals surface area contributed by atoms with E-state index in [1.807, 2.05) is 0 Å². The fourth-order valence-electron chi connectivity index (χ4n) is 1.20.